The Morgan fingerprint density at radius 1 is 1.33 bits per heavy atom. The maximum absolute atomic E-state index is 11.4. The van der Waals surface area contributed by atoms with Crippen LogP contribution in [0.2, 0.25) is 0 Å². The van der Waals surface area contributed by atoms with Gasteiger partial charge >= 0.3 is 0 Å². The largest absolute Gasteiger partial charge is 0.384 e. The molecule has 1 saturated carbocycles. The first-order chi connectivity index (χ1) is 8.28. The van der Waals surface area contributed by atoms with Gasteiger partial charge in [-0.15, -0.1) is 0 Å². The fourth-order valence-electron chi connectivity index (χ4n) is 2.65. The number of rotatable bonds is 5. The van der Waals surface area contributed by atoms with Crippen molar-refractivity contribution in [1.82, 2.24) is 4.90 Å². The van der Waals surface area contributed by atoms with Crippen molar-refractivity contribution in [2.75, 3.05) is 14.1 Å². The molecule has 0 heterocycles. The third-order valence-corrected chi connectivity index (χ3v) is 4.73. The second kappa shape index (κ2) is 6.04. The van der Waals surface area contributed by atoms with E-state index in [1.165, 1.54) is 0 Å². The summed E-state index contributed by atoms with van der Waals surface area (Å²) in [4.78, 5) is 1.89. The molecule has 0 saturated heterocycles. The van der Waals surface area contributed by atoms with E-state index < -0.39 is 20.9 Å². The summed E-state index contributed by atoms with van der Waals surface area (Å²) in [6.45, 7) is 0. The molecule has 0 radical (unpaired) electrons. The standard InChI is InChI=1S/C12H24N2O3S/c1-14(2)10-6-9-12(7-4-3-5-8-12)11(15)18(13,16)17/h6,10-11,15H,3-5,7-9H2,1-2H3,(H2,13,16,17). The molecule has 0 aromatic heterocycles. The van der Waals surface area contributed by atoms with E-state index in [0.29, 0.717) is 19.3 Å². The highest BCUT2D eigenvalue weighted by molar-refractivity contribution is 7.89. The average Bonchev–Trinajstić information content (AvgIpc) is 2.27. The van der Waals surface area contributed by atoms with Crippen LogP contribution in [0, 0.1) is 5.41 Å². The summed E-state index contributed by atoms with van der Waals surface area (Å²) in [7, 11) is -0.0976. The van der Waals surface area contributed by atoms with Crippen molar-refractivity contribution in [3.63, 3.8) is 0 Å². The van der Waals surface area contributed by atoms with Crippen molar-refractivity contribution in [2.24, 2.45) is 10.6 Å². The molecule has 0 spiro atoms. The summed E-state index contributed by atoms with van der Waals surface area (Å²) < 4.78 is 22.9. The van der Waals surface area contributed by atoms with Crippen LogP contribution in [0.4, 0.5) is 0 Å². The van der Waals surface area contributed by atoms with Crippen LogP contribution >= 0.6 is 0 Å². The number of aliphatic hydroxyl groups is 1. The lowest BCUT2D eigenvalue weighted by molar-refractivity contribution is 0.0517. The Morgan fingerprint density at radius 3 is 2.33 bits per heavy atom. The van der Waals surface area contributed by atoms with Gasteiger partial charge in [0, 0.05) is 19.5 Å². The molecule has 1 aliphatic carbocycles. The van der Waals surface area contributed by atoms with Gasteiger partial charge in [-0.05, 0) is 25.5 Å². The second-order valence-corrected chi connectivity index (χ2v) is 7.04. The average molecular weight is 276 g/mol. The minimum Gasteiger partial charge on any atom is -0.384 e. The van der Waals surface area contributed by atoms with Crippen molar-refractivity contribution >= 4 is 10.0 Å². The Balaban J connectivity index is 2.88. The molecular weight excluding hydrogens is 252 g/mol. The zero-order valence-electron chi connectivity index (χ0n) is 11.2. The van der Waals surface area contributed by atoms with Gasteiger partial charge in [-0.1, -0.05) is 25.3 Å². The third kappa shape index (κ3) is 3.96. The van der Waals surface area contributed by atoms with Gasteiger partial charge in [-0.2, -0.15) is 0 Å². The van der Waals surface area contributed by atoms with Gasteiger partial charge in [-0.3, -0.25) is 0 Å². The predicted molar refractivity (Wildman–Crippen MR) is 72.1 cm³/mol. The maximum Gasteiger partial charge on any atom is 0.236 e. The van der Waals surface area contributed by atoms with E-state index in [4.69, 9.17) is 5.14 Å². The summed E-state index contributed by atoms with van der Waals surface area (Å²) in [5.74, 6) is 0. The quantitative estimate of drug-likeness (QED) is 0.785. The van der Waals surface area contributed by atoms with Crippen molar-refractivity contribution in [3.8, 4) is 0 Å². The first-order valence-electron chi connectivity index (χ1n) is 6.31. The zero-order chi connectivity index (χ0) is 13.8. The highest BCUT2D eigenvalue weighted by atomic mass is 32.2. The molecule has 1 atom stereocenters. The van der Waals surface area contributed by atoms with Crippen molar-refractivity contribution in [3.05, 3.63) is 12.3 Å². The molecule has 0 amide bonds. The number of allylic oxidation sites excluding steroid dienone is 1. The number of aliphatic hydroxyl groups excluding tert-OH is 1. The van der Waals surface area contributed by atoms with E-state index >= 15 is 0 Å². The van der Waals surface area contributed by atoms with Crippen LogP contribution in [0.3, 0.4) is 0 Å². The van der Waals surface area contributed by atoms with Crippen molar-refractivity contribution in [2.45, 2.75) is 44.0 Å². The molecule has 1 rings (SSSR count). The lowest BCUT2D eigenvalue weighted by Crippen LogP contribution is -2.45. The molecule has 6 heteroatoms. The van der Waals surface area contributed by atoms with Crippen LogP contribution in [-0.4, -0.2) is 38.0 Å². The van der Waals surface area contributed by atoms with Gasteiger partial charge in [0.25, 0.3) is 0 Å². The summed E-state index contributed by atoms with van der Waals surface area (Å²) >= 11 is 0. The molecule has 0 aromatic rings. The van der Waals surface area contributed by atoms with Gasteiger partial charge < -0.3 is 10.0 Å². The smallest absolute Gasteiger partial charge is 0.236 e. The number of nitrogens with zero attached hydrogens (tertiary/aromatic N) is 1. The van der Waals surface area contributed by atoms with Gasteiger partial charge in [0.2, 0.25) is 10.0 Å². The molecule has 1 aliphatic rings. The normalized spacial score (nSPS) is 22.0. The van der Waals surface area contributed by atoms with Crippen LogP contribution < -0.4 is 5.14 Å². The molecular formula is C12H24N2O3S. The maximum atomic E-state index is 11.4. The SMILES string of the molecule is CN(C)C=CCC1(C(O)S(N)(=O)=O)CCCCC1. The molecule has 1 fully saturated rings. The summed E-state index contributed by atoms with van der Waals surface area (Å²) in [6, 6.07) is 0. The Labute approximate surface area is 110 Å². The first kappa shape index (κ1) is 15.5. The van der Waals surface area contributed by atoms with E-state index in [-0.39, 0.29) is 0 Å². The predicted octanol–water partition coefficient (Wildman–Crippen LogP) is 1.01. The van der Waals surface area contributed by atoms with E-state index in [1.807, 2.05) is 31.3 Å². The monoisotopic (exact) mass is 276 g/mol. The lowest BCUT2D eigenvalue weighted by Gasteiger charge is -2.39. The number of hydrogen-bond donors (Lipinski definition) is 2. The summed E-state index contributed by atoms with van der Waals surface area (Å²) in [5.41, 5.74) is -2.07. The number of primary sulfonamides is 1. The molecule has 0 bridgehead atoms. The minimum absolute atomic E-state index is 0.544. The van der Waals surface area contributed by atoms with Gasteiger partial charge in [-0.25, -0.2) is 13.6 Å². The lowest BCUT2D eigenvalue weighted by atomic mass is 9.72. The Morgan fingerprint density at radius 2 is 1.89 bits per heavy atom. The molecule has 106 valence electrons. The molecule has 18 heavy (non-hydrogen) atoms. The third-order valence-electron chi connectivity index (χ3n) is 3.61. The molecule has 0 aliphatic heterocycles. The first-order valence-corrected chi connectivity index (χ1v) is 7.92. The van der Waals surface area contributed by atoms with Gasteiger partial charge in [0.05, 0.1) is 0 Å². The van der Waals surface area contributed by atoms with E-state index in [1.54, 1.807) is 0 Å². The number of nitrogens with two attached hydrogens (primary N) is 1. The second-order valence-electron chi connectivity index (χ2n) is 5.42. The molecule has 5 nitrogen and oxygen atoms in total. The van der Waals surface area contributed by atoms with Crippen molar-refractivity contribution in [1.29, 1.82) is 0 Å². The van der Waals surface area contributed by atoms with Crippen molar-refractivity contribution < 1.29 is 13.5 Å². The van der Waals surface area contributed by atoms with Crippen LogP contribution in [0.25, 0.3) is 0 Å². The topological polar surface area (TPSA) is 83.6 Å². The van der Waals surface area contributed by atoms with E-state index in [0.717, 1.165) is 19.3 Å². The molecule has 0 aromatic carbocycles. The van der Waals surface area contributed by atoms with E-state index in [9.17, 15) is 13.5 Å². The Kier molecular flexibility index (Phi) is 5.19. The molecule has 1 unspecified atom stereocenters. The van der Waals surface area contributed by atoms with Crippen LogP contribution in [0.5, 0.6) is 0 Å². The molecule has 3 N–H and O–H groups in total. The number of sulfonamides is 1. The zero-order valence-corrected chi connectivity index (χ0v) is 12.0. The number of hydrogen-bond acceptors (Lipinski definition) is 4. The fourth-order valence-corrected chi connectivity index (χ4v) is 3.68. The van der Waals surface area contributed by atoms with E-state index in [2.05, 4.69) is 0 Å². The highest BCUT2D eigenvalue weighted by Crippen LogP contribution is 2.43. The summed E-state index contributed by atoms with van der Waals surface area (Å²) in [6.07, 6.45) is 8.75. The van der Waals surface area contributed by atoms with Crippen LogP contribution in [0.15, 0.2) is 12.3 Å². The van der Waals surface area contributed by atoms with Gasteiger partial charge in [0.15, 0.2) is 5.44 Å². The summed E-state index contributed by atoms with van der Waals surface area (Å²) in [5, 5.41) is 15.2. The minimum atomic E-state index is -3.90. The Hall–Kier alpha value is -0.590. The van der Waals surface area contributed by atoms with Crippen LogP contribution in [0.1, 0.15) is 38.5 Å². The van der Waals surface area contributed by atoms with Crippen LogP contribution in [-0.2, 0) is 10.0 Å². The van der Waals surface area contributed by atoms with Gasteiger partial charge in [0.1, 0.15) is 0 Å². The fraction of sp³-hybridized carbons (Fsp3) is 0.833. The highest BCUT2D eigenvalue weighted by Gasteiger charge is 2.43. The Bertz CT molecular complexity index is 384.